The van der Waals surface area contributed by atoms with Gasteiger partial charge >= 0.3 is 0 Å². The smallest absolute Gasteiger partial charge is 0.237 e. The van der Waals surface area contributed by atoms with Gasteiger partial charge in [0.05, 0.1) is 5.54 Å². The Kier molecular flexibility index (Phi) is 5.62. The molecule has 94 valence electrons. The topological polar surface area (TPSA) is 69.1 Å². The first-order valence-electron chi connectivity index (χ1n) is 6.19. The maximum absolute atomic E-state index is 11.0. The standard InChI is InChI=1S/C12H24N2OS/c1-12(14,11(13)15)7-4-8-16-9-10-5-2-3-6-10/h10H,2-9,14H2,1H3,(H2,13,15). The molecule has 1 aliphatic rings. The van der Waals surface area contributed by atoms with Gasteiger partial charge < -0.3 is 11.5 Å². The van der Waals surface area contributed by atoms with Gasteiger partial charge in [0.2, 0.25) is 5.91 Å². The summed E-state index contributed by atoms with van der Waals surface area (Å²) in [7, 11) is 0. The largest absolute Gasteiger partial charge is 0.368 e. The highest BCUT2D eigenvalue weighted by molar-refractivity contribution is 7.99. The number of thioether (sulfide) groups is 1. The van der Waals surface area contributed by atoms with Crippen LogP contribution in [-0.4, -0.2) is 23.0 Å². The lowest BCUT2D eigenvalue weighted by Gasteiger charge is -2.20. The van der Waals surface area contributed by atoms with Gasteiger partial charge in [-0.15, -0.1) is 0 Å². The number of hydrogen-bond acceptors (Lipinski definition) is 3. The Balaban J connectivity index is 2.01. The van der Waals surface area contributed by atoms with E-state index >= 15 is 0 Å². The molecular formula is C12H24N2OS. The third-order valence-corrected chi connectivity index (χ3v) is 4.66. The van der Waals surface area contributed by atoms with E-state index in [-0.39, 0.29) is 0 Å². The summed E-state index contributed by atoms with van der Waals surface area (Å²) < 4.78 is 0. The van der Waals surface area contributed by atoms with Gasteiger partial charge in [0.1, 0.15) is 0 Å². The number of carbonyl (C=O) groups excluding carboxylic acids is 1. The molecule has 3 nitrogen and oxygen atoms in total. The molecule has 4 heteroatoms. The molecule has 0 aromatic heterocycles. The molecule has 4 N–H and O–H groups in total. The van der Waals surface area contributed by atoms with Gasteiger partial charge in [0.25, 0.3) is 0 Å². The summed E-state index contributed by atoms with van der Waals surface area (Å²) in [5.74, 6) is 2.91. The summed E-state index contributed by atoms with van der Waals surface area (Å²) in [4.78, 5) is 11.0. The van der Waals surface area contributed by atoms with E-state index in [2.05, 4.69) is 0 Å². The highest BCUT2D eigenvalue weighted by Crippen LogP contribution is 2.28. The van der Waals surface area contributed by atoms with Crippen LogP contribution < -0.4 is 11.5 Å². The second-order valence-electron chi connectivity index (χ2n) is 5.11. The summed E-state index contributed by atoms with van der Waals surface area (Å²) >= 11 is 2.00. The van der Waals surface area contributed by atoms with Gasteiger partial charge in [-0.3, -0.25) is 4.79 Å². The van der Waals surface area contributed by atoms with Gasteiger partial charge in [-0.05, 0) is 50.0 Å². The normalized spacial score (nSPS) is 20.9. The van der Waals surface area contributed by atoms with E-state index in [9.17, 15) is 4.79 Å². The monoisotopic (exact) mass is 244 g/mol. The molecule has 1 fully saturated rings. The van der Waals surface area contributed by atoms with E-state index in [4.69, 9.17) is 11.5 Å². The van der Waals surface area contributed by atoms with Crippen molar-refractivity contribution in [2.75, 3.05) is 11.5 Å². The Morgan fingerprint density at radius 1 is 1.44 bits per heavy atom. The van der Waals surface area contributed by atoms with Crippen LogP contribution in [0.15, 0.2) is 0 Å². The predicted molar refractivity (Wildman–Crippen MR) is 70.3 cm³/mol. The van der Waals surface area contributed by atoms with E-state index in [1.165, 1.54) is 31.4 Å². The fraction of sp³-hybridized carbons (Fsp3) is 0.917. The minimum Gasteiger partial charge on any atom is -0.368 e. The van der Waals surface area contributed by atoms with Crippen LogP contribution in [0.5, 0.6) is 0 Å². The van der Waals surface area contributed by atoms with E-state index in [1.807, 2.05) is 11.8 Å². The molecular weight excluding hydrogens is 220 g/mol. The zero-order chi connectivity index (χ0) is 12.0. The van der Waals surface area contributed by atoms with Gasteiger partial charge in [-0.1, -0.05) is 12.8 Å². The van der Waals surface area contributed by atoms with Gasteiger partial charge in [0.15, 0.2) is 0 Å². The third kappa shape index (κ3) is 4.74. The quantitative estimate of drug-likeness (QED) is 0.672. The number of nitrogens with two attached hydrogens (primary N) is 2. The molecule has 1 saturated carbocycles. The van der Waals surface area contributed by atoms with Crippen molar-refractivity contribution < 1.29 is 4.79 Å². The lowest BCUT2D eigenvalue weighted by Crippen LogP contribution is -2.49. The minimum absolute atomic E-state index is 0.395. The Labute approximate surface area is 103 Å². The van der Waals surface area contributed by atoms with Crippen LogP contribution in [-0.2, 0) is 4.79 Å². The number of hydrogen-bond donors (Lipinski definition) is 2. The van der Waals surface area contributed by atoms with Crippen LogP contribution >= 0.6 is 11.8 Å². The number of primary amides is 1. The van der Waals surface area contributed by atoms with Gasteiger partial charge in [0, 0.05) is 0 Å². The molecule has 0 saturated heterocycles. The van der Waals surface area contributed by atoms with E-state index < -0.39 is 11.4 Å². The first-order valence-corrected chi connectivity index (χ1v) is 7.34. The lowest BCUT2D eigenvalue weighted by atomic mass is 9.97. The maximum Gasteiger partial charge on any atom is 0.237 e. The molecule has 1 aliphatic carbocycles. The summed E-state index contributed by atoms with van der Waals surface area (Å²) in [6.07, 6.45) is 7.31. The van der Waals surface area contributed by atoms with E-state index in [0.717, 1.165) is 18.1 Å². The molecule has 0 heterocycles. The lowest BCUT2D eigenvalue weighted by molar-refractivity contribution is -0.122. The molecule has 0 spiro atoms. The van der Waals surface area contributed by atoms with Crippen molar-refractivity contribution in [1.29, 1.82) is 0 Å². The highest BCUT2D eigenvalue weighted by atomic mass is 32.2. The SMILES string of the molecule is CC(N)(CCCSCC1CCCC1)C(N)=O. The molecule has 0 aromatic rings. The molecule has 0 bridgehead atoms. The van der Waals surface area contributed by atoms with E-state index in [0.29, 0.717) is 6.42 Å². The molecule has 1 rings (SSSR count). The fourth-order valence-electron chi connectivity index (χ4n) is 2.09. The summed E-state index contributed by atoms with van der Waals surface area (Å²) in [6, 6.07) is 0. The Hall–Kier alpha value is -0.220. The van der Waals surface area contributed by atoms with Gasteiger partial charge in [-0.2, -0.15) is 11.8 Å². The average molecular weight is 244 g/mol. The molecule has 0 aromatic carbocycles. The van der Waals surface area contributed by atoms with E-state index in [1.54, 1.807) is 6.92 Å². The summed E-state index contributed by atoms with van der Waals surface area (Å²) in [6.45, 7) is 1.72. The highest BCUT2D eigenvalue weighted by Gasteiger charge is 2.24. The predicted octanol–water partition coefficient (Wildman–Crippen LogP) is 1.89. The van der Waals surface area contributed by atoms with Crippen LogP contribution in [0.1, 0.15) is 45.4 Å². The van der Waals surface area contributed by atoms with Crippen molar-refractivity contribution in [2.24, 2.45) is 17.4 Å². The summed E-state index contributed by atoms with van der Waals surface area (Å²) in [5, 5.41) is 0. The molecule has 1 unspecified atom stereocenters. The minimum atomic E-state index is -0.825. The molecule has 0 aliphatic heterocycles. The maximum atomic E-state index is 11.0. The van der Waals surface area contributed by atoms with Crippen LogP contribution in [0.25, 0.3) is 0 Å². The first-order chi connectivity index (χ1) is 7.52. The van der Waals surface area contributed by atoms with Crippen LogP contribution in [0, 0.1) is 5.92 Å². The average Bonchev–Trinajstić information content (AvgIpc) is 2.69. The van der Waals surface area contributed by atoms with Crippen molar-refractivity contribution in [1.82, 2.24) is 0 Å². The summed E-state index contributed by atoms with van der Waals surface area (Å²) in [5.41, 5.74) is 10.2. The molecule has 0 radical (unpaired) electrons. The van der Waals surface area contributed by atoms with Gasteiger partial charge in [-0.25, -0.2) is 0 Å². The molecule has 16 heavy (non-hydrogen) atoms. The first kappa shape index (κ1) is 13.8. The Morgan fingerprint density at radius 3 is 2.62 bits per heavy atom. The zero-order valence-electron chi connectivity index (χ0n) is 10.2. The van der Waals surface area contributed by atoms with Crippen molar-refractivity contribution in [3.8, 4) is 0 Å². The molecule has 1 amide bonds. The second kappa shape index (κ2) is 6.50. The zero-order valence-corrected chi connectivity index (χ0v) is 11.0. The number of rotatable bonds is 7. The van der Waals surface area contributed by atoms with Crippen molar-refractivity contribution >= 4 is 17.7 Å². The van der Waals surface area contributed by atoms with Crippen LogP contribution in [0.3, 0.4) is 0 Å². The van der Waals surface area contributed by atoms with Crippen LogP contribution in [0.4, 0.5) is 0 Å². The molecule has 1 atom stereocenters. The van der Waals surface area contributed by atoms with Crippen molar-refractivity contribution in [3.05, 3.63) is 0 Å². The van der Waals surface area contributed by atoms with Crippen molar-refractivity contribution in [3.63, 3.8) is 0 Å². The Morgan fingerprint density at radius 2 is 2.06 bits per heavy atom. The Bertz CT molecular complexity index is 225. The van der Waals surface area contributed by atoms with Crippen molar-refractivity contribution in [2.45, 2.75) is 51.0 Å². The fourth-order valence-corrected chi connectivity index (χ4v) is 3.27. The third-order valence-electron chi connectivity index (χ3n) is 3.38. The second-order valence-corrected chi connectivity index (χ2v) is 6.26. The van der Waals surface area contributed by atoms with Crippen LogP contribution in [0.2, 0.25) is 0 Å². The number of amides is 1. The number of carbonyl (C=O) groups is 1.